The summed E-state index contributed by atoms with van der Waals surface area (Å²) in [6.07, 6.45) is 8.20. The highest BCUT2D eigenvalue weighted by Crippen LogP contribution is 2.35. The molecule has 2 atom stereocenters. The number of fused-ring (bicyclic) bond motifs is 1. The van der Waals surface area contributed by atoms with Crippen molar-refractivity contribution in [1.82, 2.24) is 24.6 Å². The SMILES string of the molecule is CC(=O)OCC(COC(C)=O)OC(=O)CC(C)CCCCCCCOC(=O)CSCCC(=O)N1CCC[C@@H](n2nc(-c3ccc(Oc4ccccc4)cc3)c3c(N)ncnc32)C1. The molecular weight excluding hydrogens is 817 g/mol. The molecule has 17 heteroatoms. The Hall–Kier alpha value is -5.71. The molecule has 3 heterocycles. The van der Waals surface area contributed by atoms with Gasteiger partial charge in [-0.2, -0.15) is 5.10 Å². The fraction of sp³-hybridized carbons (Fsp3) is 0.511. The molecule has 2 N–H and O–H groups in total. The van der Waals surface area contributed by atoms with Crippen LogP contribution in [0, 0.1) is 5.92 Å². The zero-order chi connectivity index (χ0) is 44.3. The summed E-state index contributed by atoms with van der Waals surface area (Å²) in [6.45, 7) is 5.62. The summed E-state index contributed by atoms with van der Waals surface area (Å²) in [5.74, 6) is 0.851. The van der Waals surface area contributed by atoms with Crippen LogP contribution in [-0.4, -0.2) is 105 Å². The maximum atomic E-state index is 13.3. The van der Waals surface area contributed by atoms with E-state index < -0.39 is 24.0 Å². The second-order valence-corrected chi connectivity index (χ2v) is 16.5. The average Bonchev–Trinajstić information content (AvgIpc) is 3.66. The third-order valence-electron chi connectivity index (χ3n) is 10.3. The largest absolute Gasteiger partial charge is 0.465 e. The van der Waals surface area contributed by atoms with E-state index in [-0.39, 0.29) is 49.2 Å². The summed E-state index contributed by atoms with van der Waals surface area (Å²) < 4.78 is 28.5. The van der Waals surface area contributed by atoms with E-state index in [1.54, 1.807) is 0 Å². The number of anilines is 1. The highest BCUT2D eigenvalue weighted by Gasteiger charge is 2.29. The van der Waals surface area contributed by atoms with E-state index >= 15 is 0 Å². The molecule has 1 saturated heterocycles. The number of nitrogens with two attached hydrogens (primary N) is 1. The van der Waals surface area contributed by atoms with Gasteiger partial charge in [-0.05, 0) is 61.6 Å². The van der Waals surface area contributed by atoms with Gasteiger partial charge in [-0.15, -0.1) is 11.8 Å². The lowest BCUT2D eigenvalue weighted by Crippen LogP contribution is -2.41. The maximum absolute atomic E-state index is 13.3. The molecule has 1 aliphatic rings. The number of hydrogen-bond donors (Lipinski definition) is 1. The van der Waals surface area contributed by atoms with Crippen molar-refractivity contribution in [2.24, 2.45) is 5.92 Å². The number of carbonyl (C=O) groups is 5. The van der Waals surface area contributed by atoms with E-state index in [1.165, 1.54) is 31.9 Å². The molecule has 62 heavy (non-hydrogen) atoms. The van der Waals surface area contributed by atoms with Crippen molar-refractivity contribution in [3.63, 3.8) is 0 Å². The van der Waals surface area contributed by atoms with Crippen LogP contribution in [0.2, 0.25) is 0 Å². The second kappa shape index (κ2) is 24.7. The Morgan fingerprint density at radius 2 is 1.55 bits per heavy atom. The highest BCUT2D eigenvalue weighted by atomic mass is 32.2. The van der Waals surface area contributed by atoms with Gasteiger partial charge in [-0.3, -0.25) is 24.0 Å². The second-order valence-electron chi connectivity index (χ2n) is 15.4. The summed E-state index contributed by atoms with van der Waals surface area (Å²) in [6, 6.07) is 17.1. The molecule has 0 radical (unpaired) electrons. The number of carbonyl (C=O) groups excluding carboxylic acids is 5. The summed E-state index contributed by atoms with van der Waals surface area (Å²) in [7, 11) is 0. The number of esters is 4. The Morgan fingerprint density at radius 1 is 0.855 bits per heavy atom. The third-order valence-corrected chi connectivity index (χ3v) is 11.2. The Kier molecular flexibility index (Phi) is 18.8. The van der Waals surface area contributed by atoms with Crippen LogP contribution < -0.4 is 10.5 Å². The van der Waals surface area contributed by atoms with Crippen LogP contribution in [-0.2, 0) is 42.9 Å². The molecule has 5 rings (SSSR count). The predicted molar refractivity (Wildman–Crippen MR) is 234 cm³/mol. The zero-order valence-corrected chi connectivity index (χ0v) is 36.6. The minimum absolute atomic E-state index is 0.0332. The Morgan fingerprint density at radius 3 is 2.27 bits per heavy atom. The van der Waals surface area contributed by atoms with Crippen molar-refractivity contribution in [3.05, 3.63) is 60.9 Å². The van der Waals surface area contributed by atoms with Crippen molar-refractivity contribution in [2.45, 2.75) is 97.1 Å². The summed E-state index contributed by atoms with van der Waals surface area (Å²) in [5, 5.41) is 5.67. The number of ether oxygens (including phenoxy) is 5. The van der Waals surface area contributed by atoms with E-state index in [1.807, 2.05) is 71.1 Å². The lowest BCUT2D eigenvalue weighted by Gasteiger charge is -2.33. The average molecular weight is 875 g/mol. The van der Waals surface area contributed by atoms with E-state index in [2.05, 4.69) is 9.97 Å². The predicted octanol–water partition coefficient (Wildman–Crippen LogP) is 7.10. The molecule has 2 aromatic heterocycles. The molecule has 1 aliphatic heterocycles. The number of nitrogen functional groups attached to an aromatic ring is 1. The Balaban J connectivity index is 0.953. The van der Waals surface area contributed by atoms with Gasteiger partial charge in [0.05, 0.1) is 23.8 Å². The van der Waals surface area contributed by atoms with E-state index in [4.69, 9.17) is 34.5 Å². The van der Waals surface area contributed by atoms with Crippen LogP contribution in [0.25, 0.3) is 22.3 Å². The van der Waals surface area contributed by atoms with Gasteiger partial charge in [-0.1, -0.05) is 57.2 Å². The molecular formula is C45H58N6O10S. The highest BCUT2D eigenvalue weighted by molar-refractivity contribution is 7.99. The molecule has 0 saturated carbocycles. The molecule has 16 nitrogen and oxygen atoms in total. The molecule has 0 spiro atoms. The minimum Gasteiger partial charge on any atom is -0.465 e. The first-order valence-corrected chi connectivity index (χ1v) is 22.4. The van der Waals surface area contributed by atoms with Crippen LogP contribution in [0.3, 0.4) is 0 Å². The van der Waals surface area contributed by atoms with E-state index in [0.29, 0.717) is 60.2 Å². The molecule has 0 bridgehead atoms. The maximum Gasteiger partial charge on any atom is 0.315 e. The van der Waals surface area contributed by atoms with Crippen molar-refractivity contribution in [2.75, 3.05) is 50.1 Å². The minimum atomic E-state index is -0.846. The summed E-state index contributed by atoms with van der Waals surface area (Å²) in [5.41, 5.74) is 8.52. The first kappa shape index (κ1) is 47.3. The number of piperidine rings is 1. The third kappa shape index (κ3) is 15.3. The van der Waals surface area contributed by atoms with Crippen LogP contribution in [0.4, 0.5) is 5.82 Å². The number of likely N-dealkylation sites (tertiary alicyclic amines) is 1. The molecule has 4 aromatic rings. The first-order chi connectivity index (χ1) is 30.0. The number of thioether (sulfide) groups is 1. The number of para-hydroxylation sites is 1. The van der Waals surface area contributed by atoms with Gasteiger partial charge in [0.1, 0.15) is 42.6 Å². The lowest BCUT2D eigenvalue weighted by molar-refractivity contribution is -0.166. The number of aromatic nitrogens is 4. The van der Waals surface area contributed by atoms with Gasteiger partial charge in [0, 0.05) is 51.1 Å². The van der Waals surface area contributed by atoms with Gasteiger partial charge >= 0.3 is 23.9 Å². The van der Waals surface area contributed by atoms with Crippen molar-refractivity contribution < 1.29 is 47.7 Å². The van der Waals surface area contributed by atoms with Gasteiger partial charge in [0.2, 0.25) is 5.91 Å². The number of rotatable bonds is 24. The van der Waals surface area contributed by atoms with Crippen molar-refractivity contribution >= 4 is 58.4 Å². The van der Waals surface area contributed by atoms with E-state index in [0.717, 1.165) is 62.7 Å². The van der Waals surface area contributed by atoms with Crippen LogP contribution in [0.1, 0.15) is 91.0 Å². The van der Waals surface area contributed by atoms with Crippen LogP contribution in [0.15, 0.2) is 60.9 Å². The lowest BCUT2D eigenvalue weighted by atomic mass is 9.99. The number of nitrogens with zero attached hydrogens (tertiary/aromatic N) is 5. The normalized spacial score (nSPS) is 14.3. The topological polar surface area (TPSA) is 204 Å². The molecule has 1 unspecified atom stereocenters. The molecule has 2 aromatic carbocycles. The molecule has 1 fully saturated rings. The van der Waals surface area contributed by atoms with Crippen molar-refractivity contribution in [1.29, 1.82) is 0 Å². The molecule has 1 amide bonds. The van der Waals surface area contributed by atoms with Crippen LogP contribution >= 0.6 is 11.8 Å². The van der Waals surface area contributed by atoms with Gasteiger partial charge in [0.15, 0.2) is 11.8 Å². The monoisotopic (exact) mass is 874 g/mol. The quantitative estimate of drug-likeness (QED) is 0.0424. The fourth-order valence-corrected chi connectivity index (χ4v) is 7.84. The van der Waals surface area contributed by atoms with Crippen LogP contribution in [0.5, 0.6) is 11.5 Å². The number of amides is 1. The zero-order valence-electron chi connectivity index (χ0n) is 35.8. The number of unbranched alkanes of at least 4 members (excludes halogenated alkanes) is 4. The molecule has 0 aliphatic carbocycles. The van der Waals surface area contributed by atoms with Crippen molar-refractivity contribution in [3.8, 4) is 22.8 Å². The number of hydrogen-bond acceptors (Lipinski definition) is 15. The van der Waals surface area contributed by atoms with Gasteiger partial charge in [-0.25, -0.2) is 14.6 Å². The van der Waals surface area contributed by atoms with Gasteiger partial charge in [0.25, 0.3) is 0 Å². The number of benzene rings is 2. The summed E-state index contributed by atoms with van der Waals surface area (Å²) in [4.78, 5) is 71.0. The standard InChI is InChI=1S/C45H58N6O10S/c1-31(25-40(55)61-38(27-58-32(2)52)28-59-33(3)53)13-8-5-4-6-11-23-57-41(56)29-62-24-21-39(54)50-22-12-14-35(26-50)51-45-42(44(46)47-30-48-45)43(49-51)34-17-19-37(20-18-34)60-36-15-9-7-10-16-36/h7,9-10,15-20,30-31,35,38H,4-6,8,11-14,21-29H2,1-3H3,(H2,46,47,48)/t31?,35-/m1/s1. The van der Waals surface area contributed by atoms with Gasteiger partial charge < -0.3 is 34.3 Å². The first-order valence-electron chi connectivity index (χ1n) is 21.3. The smallest absolute Gasteiger partial charge is 0.315 e. The van der Waals surface area contributed by atoms with E-state index in [9.17, 15) is 24.0 Å². The Bertz CT molecular complexity index is 2060. The Labute approximate surface area is 366 Å². The fourth-order valence-electron chi connectivity index (χ4n) is 7.12. The summed E-state index contributed by atoms with van der Waals surface area (Å²) >= 11 is 1.40. The molecule has 334 valence electrons.